The average molecular weight is 287 g/mol. The third-order valence-corrected chi connectivity index (χ3v) is 4.82. The van der Waals surface area contributed by atoms with Crippen molar-refractivity contribution in [2.75, 3.05) is 20.0 Å². The molecule has 0 aromatic heterocycles. The fourth-order valence-electron chi connectivity index (χ4n) is 3.50. The molecule has 2 fully saturated rings. The van der Waals surface area contributed by atoms with Crippen LogP contribution in [0, 0.1) is 11.3 Å². The van der Waals surface area contributed by atoms with Gasteiger partial charge in [-0.25, -0.2) is 0 Å². The van der Waals surface area contributed by atoms with Crippen LogP contribution >= 0.6 is 0 Å². The highest BCUT2D eigenvalue weighted by atomic mass is 16.7. The van der Waals surface area contributed by atoms with Crippen molar-refractivity contribution in [2.24, 2.45) is 0 Å². The van der Waals surface area contributed by atoms with Crippen LogP contribution in [0.3, 0.4) is 0 Å². The van der Waals surface area contributed by atoms with Crippen molar-refractivity contribution in [3.05, 3.63) is 23.8 Å². The summed E-state index contributed by atoms with van der Waals surface area (Å²) in [5, 5.41) is 9.77. The van der Waals surface area contributed by atoms with Crippen LogP contribution in [0.4, 0.5) is 0 Å². The van der Waals surface area contributed by atoms with Crippen LogP contribution < -0.4 is 9.47 Å². The smallest absolute Gasteiger partial charge is 0.231 e. The Labute approximate surface area is 123 Å². The first-order valence-corrected chi connectivity index (χ1v) is 7.35. The molecule has 5 nitrogen and oxygen atoms in total. The van der Waals surface area contributed by atoms with E-state index < -0.39 is 11.2 Å². The second kappa shape index (κ2) is 4.62. The zero-order valence-electron chi connectivity index (χ0n) is 11.8. The van der Waals surface area contributed by atoms with Crippen LogP contribution in [-0.2, 0) is 14.9 Å². The van der Waals surface area contributed by atoms with Crippen LogP contribution in [0.1, 0.15) is 31.2 Å². The number of fused-ring (bicyclic) bond motifs is 1. The minimum absolute atomic E-state index is 0.253. The lowest BCUT2D eigenvalue weighted by atomic mass is 9.68. The van der Waals surface area contributed by atoms with Gasteiger partial charge in [0.2, 0.25) is 6.79 Å². The molecule has 1 aliphatic carbocycles. The Kier molecular flexibility index (Phi) is 2.84. The van der Waals surface area contributed by atoms with Gasteiger partial charge in [-0.1, -0.05) is 6.07 Å². The van der Waals surface area contributed by atoms with Crippen molar-refractivity contribution in [2.45, 2.75) is 36.9 Å². The Balaban J connectivity index is 1.61. The van der Waals surface area contributed by atoms with E-state index >= 15 is 0 Å². The molecule has 0 amide bonds. The van der Waals surface area contributed by atoms with E-state index in [1.165, 1.54) is 0 Å². The van der Waals surface area contributed by atoms with Crippen molar-refractivity contribution in [3.8, 4) is 17.6 Å². The van der Waals surface area contributed by atoms with Crippen LogP contribution in [0.5, 0.6) is 11.5 Å². The summed E-state index contributed by atoms with van der Waals surface area (Å²) in [6.07, 6.45) is 3.00. The third kappa shape index (κ3) is 1.98. The fourth-order valence-corrected chi connectivity index (χ4v) is 3.50. The Bertz CT molecular complexity index is 591. The summed E-state index contributed by atoms with van der Waals surface area (Å²) in [4.78, 5) is 0. The lowest BCUT2D eigenvalue weighted by Gasteiger charge is -2.40. The first kappa shape index (κ1) is 12.9. The van der Waals surface area contributed by atoms with E-state index in [1.54, 1.807) is 0 Å². The summed E-state index contributed by atoms with van der Waals surface area (Å²) in [5.41, 5.74) is 0.517. The normalized spacial score (nSPS) is 24.9. The second-order valence-corrected chi connectivity index (χ2v) is 5.87. The molecular weight excluding hydrogens is 270 g/mol. The van der Waals surface area contributed by atoms with Gasteiger partial charge in [0.25, 0.3) is 0 Å². The summed E-state index contributed by atoms with van der Waals surface area (Å²) in [5.74, 6) is 1.04. The molecule has 2 heterocycles. The molecule has 2 aliphatic heterocycles. The minimum atomic E-state index is -0.485. The number of rotatable bonds is 1. The van der Waals surface area contributed by atoms with Gasteiger partial charge >= 0.3 is 0 Å². The number of ether oxygens (including phenoxy) is 4. The molecule has 110 valence electrons. The van der Waals surface area contributed by atoms with Gasteiger partial charge in [0, 0.05) is 12.8 Å². The number of hydrogen-bond acceptors (Lipinski definition) is 5. The monoisotopic (exact) mass is 287 g/mol. The quantitative estimate of drug-likeness (QED) is 0.794. The summed E-state index contributed by atoms with van der Waals surface area (Å²) in [6.45, 7) is 1.57. The van der Waals surface area contributed by atoms with E-state index in [-0.39, 0.29) is 6.79 Å². The summed E-state index contributed by atoms with van der Waals surface area (Å²) >= 11 is 0. The number of benzene rings is 1. The largest absolute Gasteiger partial charge is 0.454 e. The molecule has 0 atom stereocenters. The minimum Gasteiger partial charge on any atom is -0.454 e. The summed E-state index contributed by atoms with van der Waals surface area (Å²) in [6, 6.07) is 8.34. The SMILES string of the molecule is N#CC1(c2ccc3c(c2)OCO3)CCC2(CC1)OCCO2. The lowest BCUT2D eigenvalue weighted by Crippen LogP contribution is -2.41. The molecule has 0 bridgehead atoms. The summed E-state index contributed by atoms with van der Waals surface area (Å²) in [7, 11) is 0. The Hall–Kier alpha value is -1.77. The van der Waals surface area contributed by atoms with E-state index in [4.69, 9.17) is 18.9 Å². The second-order valence-electron chi connectivity index (χ2n) is 5.87. The first-order valence-electron chi connectivity index (χ1n) is 7.35. The fraction of sp³-hybridized carbons (Fsp3) is 0.562. The molecule has 0 unspecified atom stereocenters. The topological polar surface area (TPSA) is 60.7 Å². The maximum atomic E-state index is 9.77. The van der Waals surface area contributed by atoms with Gasteiger partial charge in [0.05, 0.1) is 24.7 Å². The molecule has 1 saturated carbocycles. The molecule has 5 heteroatoms. The molecule has 1 spiro atoms. The number of nitrogens with zero attached hydrogens (tertiary/aromatic N) is 1. The Morgan fingerprint density at radius 3 is 2.38 bits per heavy atom. The molecule has 4 rings (SSSR count). The van der Waals surface area contributed by atoms with Gasteiger partial charge in [-0.3, -0.25) is 0 Å². The molecule has 0 radical (unpaired) electrons. The molecule has 1 aromatic carbocycles. The highest BCUT2D eigenvalue weighted by Gasteiger charge is 2.47. The molecule has 21 heavy (non-hydrogen) atoms. The highest BCUT2D eigenvalue weighted by molar-refractivity contribution is 5.48. The zero-order chi connectivity index (χ0) is 14.3. The van der Waals surface area contributed by atoms with Gasteiger partial charge in [0.1, 0.15) is 0 Å². The predicted octanol–water partition coefficient (Wildman–Crippen LogP) is 2.49. The standard InChI is InChI=1S/C16H17NO4/c17-10-15(3-5-16(6-4-15)20-7-8-21-16)12-1-2-13-14(9-12)19-11-18-13/h1-2,9H,3-8,11H2. The van der Waals surface area contributed by atoms with Gasteiger partial charge in [-0.05, 0) is 30.5 Å². The maximum absolute atomic E-state index is 9.77. The van der Waals surface area contributed by atoms with Gasteiger partial charge in [0.15, 0.2) is 17.3 Å². The van der Waals surface area contributed by atoms with Crippen LogP contribution in [0.2, 0.25) is 0 Å². The summed E-state index contributed by atoms with van der Waals surface area (Å²) < 4.78 is 22.3. The predicted molar refractivity (Wildman–Crippen MR) is 73.0 cm³/mol. The average Bonchev–Trinajstić information content (AvgIpc) is 3.17. The molecule has 1 aromatic rings. The molecule has 3 aliphatic rings. The van der Waals surface area contributed by atoms with E-state index in [0.717, 1.165) is 42.7 Å². The third-order valence-electron chi connectivity index (χ3n) is 4.82. The van der Waals surface area contributed by atoms with Crippen molar-refractivity contribution in [3.63, 3.8) is 0 Å². The Morgan fingerprint density at radius 1 is 0.952 bits per heavy atom. The lowest BCUT2D eigenvalue weighted by molar-refractivity contribution is -0.182. The van der Waals surface area contributed by atoms with Gasteiger partial charge in [-0.2, -0.15) is 5.26 Å². The van der Waals surface area contributed by atoms with Crippen LogP contribution in [0.25, 0.3) is 0 Å². The Morgan fingerprint density at radius 2 is 1.67 bits per heavy atom. The van der Waals surface area contributed by atoms with Gasteiger partial charge in [-0.15, -0.1) is 0 Å². The maximum Gasteiger partial charge on any atom is 0.231 e. The highest BCUT2D eigenvalue weighted by Crippen LogP contribution is 2.47. The van der Waals surface area contributed by atoms with Crippen molar-refractivity contribution in [1.29, 1.82) is 5.26 Å². The number of hydrogen-bond donors (Lipinski definition) is 0. The molecular formula is C16H17NO4. The van der Waals surface area contributed by atoms with Crippen molar-refractivity contribution < 1.29 is 18.9 Å². The first-order chi connectivity index (χ1) is 10.3. The van der Waals surface area contributed by atoms with Crippen molar-refractivity contribution >= 4 is 0 Å². The van der Waals surface area contributed by atoms with Crippen LogP contribution in [0.15, 0.2) is 18.2 Å². The van der Waals surface area contributed by atoms with Crippen LogP contribution in [-0.4, -0.2) is 25.8 Å². The van der Waals surface area contributed by atoms with E-state index in [0.29, 0.717) is 13.2 Å². The van der Waals surface area contributed by atoms with E-state index in [9.17, 15) is 5.26 Å². The molecule has 1 saturated heterocycles. The van der Waals surface area contributed by atoms with E-state index in [2.05, 4.69) is 6.07 Å². The number of nitriles is 1. The van der Waals surface area contributed by atoms with Crippen molar-refractivity contribution in [1.82, 2.24) is 0 Å². The van der Waals surface area contributed by atoms with E-state index in [1.807, 2.05) is 18.2 Å². The molecule has 0 N–H and O–H groups in total. The zero-order valence-corrected chi connectivity index (χ0v) is 11.8. The van der Waals surface area contributed by atoms with Gasteiger partial charge < -0.3 is 18.9 Å².